The van der Waals surface area contributed by atoms with E-state index in [-0.39, 0.29) is 0 Å². The molecule has 0 fully saturated rings. The highest BCUT2D eigenvalue weighted by atomic mass is 32.1. The number of rotatable bonds is 1. The molecular weight excluding hydrogens is 216 g/mol. The summed E-state index contributed by atoms with van der Waals surface area (Å²) in [5.74, 6) is 0.504. The standard InChI is InChI=1S/C13H13N2S/c1-8-2-3-9-5-11(6-10(9)4-8)12-7-14-13(16)15-12/h2-4,7,11H,5-6H2,1H3,(H,14,16). The van der Waals surface area contributed by atoms with E-state index in [1.54, 1.807) is 0 Å². The van der Waals surface area contributed by atoms with Gasteiger partial charge in [0.1, 0.15) is 0 Å². The van der Waals surface area contributed by atoms with Crippen LogP contribution in [0, 0.1) is 12.8 Å². The minimum atomic E-state index is 0.504. The lowest BCUT2D eigenvalue weighted by atomic mass is 10.0. The summed E-state index contributed by atoms with van der Waals surface area (Å²) in [4.78, 5) is 0. The van der Waals surface area contributed by atoms with Crippen LogP contribution in [0.25, 0.3) is 0 Å². The molecule has 0 saturated carbocycles. The normalized spacial score (nSPS) is 22.4. The number of hydrogen-bond donors (Lipinski definition) is 1. The van der Waals surface area contributed by atoms with Crippen LogP contribution in [0.3, 0.4) is 0 Å². The summed E-state index contributed by atoms with van der Waals surface area (Å²) in [7, 11) is 0. The molecule has 2 aliphatic rings. The van der Waals surface area contributed by atoms with Crippen molar-refractivity contribution < 1.29 is 0 Å². The zero-order valence-electron chi connectivity index (χ0n) is 9.16. The van der Waals surface area contributed by atoms with E-state index in [1.165, 1.54) is 16.7 Å². The summed E-state index contributed by atoms with van der Waals surface area (Å²) in [5.41, 5.74) is 5.38. The summed E-state index contributed by atoms with van der Waals surface area (Å²) in [5, 5.41) is 7.94. The molecule has 0 spiro atoms. The number of aryl methyl sites for hydroxylation is 1. The largest absolute Gasteiger partial charge is 0.336 e. The van der Waals surface area contributed by atoms with Gasteiger partial charge in [-0.25, -0.2) is 5.32 Å². The van der Waals surface area contributed by atoms with E-state index >= 15 is 0 Å². The second kappa shape index (κ2) is 3.59. The second-order valence-corrected chi connectivity index (χ2v) is 4.89. The molecule has 1 heterocycles. The third-order valence-electron chi connectivity index (χ3n) is 3.29. The van der Waals surface area contributed by atoms with Crippen LogP contribution in [0.2, 0.25) is 0 Å². The van der Waals surface area contributed by atoms with Gasteiger partial charge in [-0.2, -0.15) is 0 Å². The zero-order valence-corrected chi connectivity index (χ0v) is 9.97. The molecule has 1 aliphatic carbocycles. The first kappa shape index (κ1) is 9.85. The SMILES string of the molecule is Cc1ccc2c(c1)CC(C1=CNC(=S)[N]1)C2. The Labute approximate surface area is 101 Å². The fourth-order valence-electron chi connectivity index (χ4n) is 2.48. The minimum Gasteiger partial charge on any atom is -0.336 e. The summed E-state index contributed by atoms with van der Waals surface area (Å²) < 4.78 is 0. The molecule has 0 aromatic heterocycles. The molecule has 3 heteroatoms. The number of allylic oxidation sites excluding steroid dienone is 1. The molecule has 1 N–H and O–H groups in total. The summed E-state index contributed by atoms with van der Waals surface area (Å²) in [6.07, 6.45) is 4.14. The van der Waals surface area contributed by atoms with E-state index in [1.807, 2.05) is 6.20 Å². The van der Waals surface area contributed by atoms with Crippen molar-refractivity contribution in [3.05, 3.63) is 46.8 Å². The van der Waals surface area contributed by atoms with Gasteiger partial charge in [0, 0.05) is 12.1 Å². The highest BCUT2D eigenvalue weighted by Gasteiger charge is 2.27. The van der Waals surface area contributed by atoms with Crippen LogP contribution in [0.4, 0.5) is 0 Å². The van der Waals surface area contributed by atoms with Crippen LogP contribution in [-0.4, -0.2) is 5.11 Å². The van der Waals surface area contributed by atoms with Gasteiger partial charge in [-0.05, 0) is 43.1 Å². The van der Waals surface area contributed by atoms with Crippen molar-refractivity contribution in [2.75, 3.05) is 0 Å². The number of nitrogens with one attached hydrogen (secondary N) is 1. The Bertz CT molecular complexity index is 491. The van der Waals surface area contributed by atoms with Gasteiger partial charge < -0.3 is 5.32 Å². The Balaban J connectivity index is 1.83. The van der Waals surface area contributed by atoms with E-state index in [9.17, 15) is 0 Å². The molecule has 2 nitrogen and oxygen atoms in total. The highest BCUT2D eigenvalue weighted by Crippen LogP contribution is 2.31. The maximum Gasteiger partial charge on any atom is 0.197 e. The number of fused-ring (bicyclic) bond motifs is 1. The third-order valence-corrected chi connectivity index (χ3v) is 3.50. The maximum absolute atomic E-state index is 5.01. The van der Waals surface area contributed by atoms with Gasteiger partial charge >= 0.3 is 0 Å². The molecule has 1 atom stereocenters. The lowest BCUT2D eigenvalue weighted by Crippen LogP contribution is -2.18. The first-order valence-electron chi connectivity index (χ1n) is 5.53. The molecule has 3 rings (SSSR count). The molecule has 81 valence electrons. The van der Waals surface area contributed by atoms with Crippen molar-refractivity contribution >= 4 is 17.3 Å². The third kappa shape index (κ3) is 1.61. The van der Waals surface area contributed by atoms with Gasteiger partial charge in [0.25, 0.3) is 0 Å². The van der Waals surface area contributed by atoms with E-state index in [4.69, 9.17) is 12.2 Å². The van der Waals surface area contributed by atoms with E-state index in [2.05, 4.69) is 35.8 Å². The molecule has 0 bridgehead atoms. The highest BCUT2D eigenvalue weighted by molar-refractivity contribution is 7.80. The smallest absolute Gasteiger partial charge is 0.197 e. The number of hydrogen-bond acceptors (Lipinski definition) is 1. The number of thiocarbonyl (C=S) groups is 1. The van der Waals surface area contributed by atoms with Crippen molar-refractivity contribution in [1.29, 1.82) is 0 Å². The van der Waals surface area contributed by atoms with Crippen LogP contribution in [0.1, 0.15) is 16.7 Å². The van der Waals surface area contributed by atoms with Crippen LogP contribution in [0.5, 0.6) is 0 Å². The zero-order chi connectivity index (χ0) is 11.1. The van der Waals surface area contributed by atoms with Gasteiger partial charge in [0.2, 0.25) is 0 Å². The van der Waals surface area contributed by atoms with Crippen molar-refractivity contribution in [2.45, 2.75) is 19.8 Å². The van der Waals surface area contributed by atoms with Gasteiger partial charge in [0.05, 0.1) is 5.70 Å². The van der Waals surface area contributed by atoms with Crippen molar-refractivity contribution in [1.82, 2.24) is 10.6 Å². The molecule has 1 aromatic rings. The van der Waals surface area contributed by atoms with Gasteiger partial charge in [0.15, 0.2) is 5.11 Å². The lowest BCUT2D eigenvalue weighted by Gasteiger charge is -2.07. The number of benzene rings is 1. The molecule has 1 unspecified atom stereocenters. The van der Waals surface area contributed by atoms with E-state index < -0.39 is 0 Å². The Morgan fingerprint density at radius 1 is 1.31 bits per heavy atom. The topological polar surface area (TPSA) is 26.1 Å². The van der Waals surface area contributed by atoms with Crippen LogP contribution < -0.4 is 10.6 Å². The molecule has 1 aliphatic heterocycles. The predicted octanol–water partition coefficient (Wildman–Crippen LogP) is 2.04. The van der Waals surface area contributed by atoms with Gasteiger partial charge in [-0.3, -0.25) is 0 Å². The van der Waals surface area contributed by atoms with Crippen molar-refractivity contribution in [3.63, 3.8) is 0 Å². The Morgan fingerprint density at radius 3 is 2.88 bits per heavy atom. The molecule has 0 amide bonds. The summed E-state index contributed by atoms with van der Waals surface area (Å²) in [6.45, 7) is 2.14. The minimum absolute atomic E-state index is 0.504. The van der Waals surface area contributed by atoms with Crippen molar-refractivity contribution in [2.24, 2.45) is 5.92 Å². The Hall–Kier alpha value is -1.35. The first-order chi connectivity index (χ1) is 7.72. The average Bonchev–Trinajstić information content (AvgIpc) is 2.83. The number of nitrogens with zero attached hydrogens (tertiary/aromatic N) is 1. The Morgan fingerprint density at radius 2 is 2.12 bits per heavy atom. The van der Waals surface area contributed by atoms with Crippen LogP contribution in [-0.2, 0) is 12.8 Å². The van der Waals surface area contributed by atoms with E-state index in [0.29, 0.717) is 11.0 Å². The molecule has 0 saturated heterocycles. The van der Waals surface area contributed by atoms with Gasteiger partial charge in [-0.1, -0.05) is 23.8 Å². The molecule has 16 heavy (non-hydrogen) atoms. The quantitative estimate of drug-likeness (QED) is 0.746. The second-order valence-electron chi connectivity index (χ2n) is 4.51. The van der Waals surface area contributed by atoms with Gasteiger partial charge in [-0.15, -0.1) is 0 Å². The maximum atomic E-state index is 5.01. The Kier molecular flexibility index (Phi) is 2.21. The van der Waals surface area contributed by atoms with Crippen molar-refractivity contribution in [3.8, 4) is 0 Å². The fraction of sp³-hybridized carbons (Fsp3) is 0.308. The lowest BCUT2D eigenvalue weighted by molar-refractivity contribution is 0.633. The molecule has 1 aromatic carbocycles. The fourth-order valence-corrected chi connectivity index (χ4v) is 2.65. The van der Waals surface area contributed by atoms with Crippen LogP contribution in [0.15, 0.2) is 30.1 Å². The summed E-state index contributed by atoms with van der Waals surface area (Å²) >= 11 is 5.01. The predicted molar refractivity (Wildman–Crippen MR) is 68.0 cm³/mol. The molecule has 1 radical (unpaired) electrons. The first-order valence-corrected chi connectivity index (χ1v) is 5.94. The monoisotopic (exact) mass is 229 g/mol. The van der Waals surface area contributed by atoms with Crippen LogP contribution >= 0.6 is 12.2 Å². The average molecular weight is 229 g/mol. The molecular formula is C13H13N2S. The summed E-state index contributed by atoms with van der Waals surface area (Å²) in [6, 6.07) is 6.72. The van der Waals surface area contributed by atoms with E-state index in [0.717, 1.165) is 18.5 Å².